The maximum Gasteiger partial charge on any atom is 0.407 e. The van der Waals surface area contributed by atoms with Crippen molar-refractivity contribution >= 4 is 6.09 Å². The fraction of sp³-hybridized carbons (Fsp3) is 0.571. The number of halogens is 3. The molecule has 0 unspecified atom stereocenters. The molecule has 2 saturated heterocycles. The SMILES string of the molecule is CCCCO[C@@H]1[C@@H](n2cc(-c3cc(F)c(F)c(F)c3)nn2)[C@@H](O)[C@@H](CO)O[C@@H]1Cc1cc(C2CCN(C(=O)O)CC2)on1. The maximum atomic E-state index is 13.9. The summed E-state index contributed by atoms with van der Waals surface area (Å²) < 4.78 is 60.5. The second-order valence-corrected chi connectivity index (χ2v) is 10.9. The van der Waals surface area contributed by atoms with E-state index < -0.39 is 60.6 Å². The number of piperidine rings is 1. The number of nitrogens with zero attached hydrogens (tertiary/aromatic N) is 5. The molecule has 0 spiro atoms. The molecule has 3 aromatic rings. The number of likely N-dealkylation sites (tertiary alicyclic amines) is 1. The van der Waals surface area contributed by atoms with Crippen molar-refractivity contribution in [3.05, 3.63) is 53.3 Å². The number of hydrogen-bond donors (Lipinski definition) is 3. The van der Waals surface area contributed by atoms with Gasteiger partial charge < -0.3 is 34.2 Å². The molecule has 0 bridgehead atoms. The Labute approximate surface area is 245 Å². The number of aromatic nitrogens is 4. The number of hydrogen-bond acceptors (Lipinski definition) is 9. The van der Waals surface area contributed by atoms with Gasteiger partial charge in [0.2, 0.25) is 0 Å². The summed E-state index contributed by atoms with van der Waals surface area (Å²) in [5, 5.41) is 42.8. The van der Waals surface area contributed by atoms with E-state index in [-0.39, 0.29) is 23.6 Å². The van der Waals surface area contributed by atoms with E-state index in [9.17, 15) is 33.3 Å². The smallest absolute Gasteiger partial charge is 0.407 e. The van der Waals surface area contributed by atoms with Crippen molar-refractivity contribution in [2.24, 2.45) is 0 Å². The molecule has 15 heteroatoms. The Bertz CT molecular complexity index is 1370. The van der Waals surface area contributed by atoms with Gasteiger partial charge in [0.05, 0.1) is 24.6 Å². The molecule has 3 N–H and O–H groups in total. The van der Waals surface area contributed by atoms with E-state index in [0.717, 1.165) is 25.0 Å². The van der Waals surface area contributed by atoms with Gasteiger partial charge in [0, 0.05) is 43.7 Å². The number of aliphatic hydroxyl groups is 2. The molecule has 1 amide bonds. The topological polar surface area (TPSA) is 156 Å². The molecule has 5 atom stereocenters. The Kier molecular flexibility index (Phi) is 9.64. The third-order valence-corrected chi connectivity index (χ3v) is 8.02. The molecule has 2 aromatic heterocycles. The lowest BCUT2D eigenvalue weighted by Gasteiger charge is -2.44. The summed E-state index contributed by atoms with van der Waals surface area (Å²) >= 11 is 0. The average molecular weight is 610 g/mol. The van der Waals surface area contributed by atoms with Crippen molar-refractivity contribution in [3.63, 3.8) is 0 Å². The van der Waals surface area contributed by atoms with Gasteiger partial charge in [0.25, 0.3) is 0 Å². The molecule has 12 nitrogen and oxygen atoms in total. The quantitative estimate of drug-likeness (QED) is 0.230. The fourth-order valence-electron chi connectivity index (χ4n) is 5.64. The van der Waals surface area contributed by atoms with Gasteiger partial charge in [-0.25, -0.2) is 22.6 Å². The molecular formula is C28H34F3N5O7. The Morgan fingerprint density at radius 1 is 1.14 bits per heavy atom. The molecule has 1 aromatic carbocycles. The first-order valence-electron chi connectivity index (χ1n) is 14.3. The second kappa shape index (κ2) is 13.4. The molecule has 4 heterocycles. The first kappa shape index (κ1) is 30.9. The van der Waals surface area contributed by atoms with E-state index >= 15 is 0 Å². The summed E-state index contributed by atoms with van der Waals surface area (Å²) in [5.74, 6) is -3.72. The molecule has 2 aliphatic rings. The highest BCUT2D eigenvalue weighted by molar-refractivity contribution is 5.65. The summed E-state index contributed by atoms with van der Waals surface area (Å²) in [6.45, 7) is 2.59. The molecule has 5 rings (SSSR count). The van der Waals surface area contributed by atoms with Crippen molar-refractivity contribution in [2.75, 3.05) is 26.3 Å². The Morgan fingerprint density at radius 2 is 1.86 bits per heavy atom. The zero-order valence-electron chi connectivity index (χ0n) is 23.5. The molecule has 0 saturated carbocycles. The van der Waals surface area contributed by atoms with E-state index in [2.05, 4.69) is 15.5 Å². The van der Waals surface area contributed by atoms with Crippen LogP contribution in [0.3, 0.4) is 0 Å². The number of carboxylic acid groups (broad SMARTS) is 1. The molecule has 0 radical (unpaired) electrons. The van der Waals surface area contributed by atoms with Gasteiger partial charge in [0.15, 0.2) is 17.5 Å². The molecule has 0 aliphatic carbocycles. The monoisotopic (exact) mass is 609 g/mol. The average Bonchev–Trinajstić information content (AvgIpc) is 3.67. The predicted octanol–water partition coefficient (Wildman–Crippen LogP) is 3.30. The molecule has 2 fully saturated rings. The zero-order chi connectivity index (χ0) is 30.7. The normalized spacial score (nSPS) is 24.9. The van der Waals surface area contributed by atoms with E-state index in [4.69, 9.17) is 14.0 Å². The number of carbonyl (C=O) groups is 1. The van der Waals surface area contributed by atoms with Crippen molar-refractivity contribution < 1.29 is 47.3 Å². The number of ether oxygens (including phenoxy) is 2. The minimum Gasteiger partial charge on any atom is -0.465 e. The Morgan fingerprint density at radius 3 is 2.51 bits per heavy atom. The number of benzene rings is 1. The van der Waals surface area contributed by atoms with Gasteiger partial charge in [-0.2, -0.15) is 0 Å². The first-order chi connectivity index (χ1) is 20.7. The van der Waals surface area contributed by atoms with Gasteiger partial charge in [-0.15, -0.1) is 5.10 Å². The van der Waals surface area contributed by atoms with E-state index in [1.165, 1.54) is 15.8 Å². The molecule has 43 heavy (non-hydrogen) atoms. The Hall–Kier alpha value is -3.53. The van der Waals surface area contributed by atoms with Crippen LogP contribution in [-0.2, 0) is 15.9 Å². The minimum absolute atomic E-state index is 0.00944. The van der Waals surface area contributed by atoms with Crippen molar-refractivity contribution in [3.8, 4) is 11.3 Å². The van der Waals surface area contributed by atoms with Gasteiger partial charge in [-0.1, -0.05) is 23.7 Å². The maximum absolute atomic E-state index is 13.9. The third kappa shape index (κ3) is 6.69. The summed E-state index contributed by atoms with van der Waals surface area (Å²) in [7, 11) is 0. The largest absolute Gasteiger partial charge is 0.465 e. The van der Waals surface area contributed by atoms with Gasteiger partial charge in [-0.3, -0.25) is 0 Å². The predicted molar refractivity (Wildman–Crippen MR) is 143 cm³/mol. The molecular weight excluding hydrogens is 575 g/mol. The van der Waals surface area contributed by atoms with Crippen LogP contribution in [0.1, 0.15) is 56.0 Å². The van der Waals surface area contributed by atoms with Crippen LogP contribution in [0.4, 0.5) is 18.0 Å². The summed E-state index contributed by atoms with van der Waals surface area (Å²) in [6, 6.07) is 2.48. The number of rotatable bonds is 10. The lowest BCUT2D eigenvalue weighted by Crippen LogP contribution is -2.57. The highest BCUT2D eigenvalue weighted by atomic mass is 19.2. The van der Waals surface area contributed by atoms with Crippen molar-refractivity contribution in [1.82, 2.24) is 25.1 Å². The second-order valence-electron chi connectivity index (χ2n) is 10.9. The van der Waals surface area contributed by atoms with Crippen molar-refractivity contribution in [1.29, 1.82) is 0 Å². The minimum atomic E-state index is -1.60. The van der Waals surface area contributed by atoms with Crippen LogP contribution in [0.5, 0.6) is 0 Å². The van der Waals surface area contributed by atoms with Crippen molar-refractivity contribution in [2.45, 2.75) is 75.4 Å². The number of aliphatic hydroxyl groups excluding tert-OH is 2. The van der Waals surface area contributed by atoms with Crippen LogP contribution in [0.25, 0.3) is 11.3 Å². The van der Waals surface area contributed by atoms with Crippen LogP contribution in [0, 0.1) is 17.5 Å². The lowest BCUT2D eigenvalue weighted by molar-refractivity contribution is -0.218. The van der Waals surface area contributed by atoms with Crippen LogP contribution in [-0.4, -0.2) is 97.2 Å². The van der Waals surface area contributed by atoms with Gasteiger partial charge in [-0.05, 0) is 31.4 Å². The van der Waals surface area contributed by atoms with E-state index in [1.54, 1.807) is 6.07 Å². The van der Waals surface area contributed by atoms with Gasteiger partial charge >= 0.3 is 6.09 Å². The summed E-state index contributed by atoms with van der Waals surface area (Å²) in [5.41, 5.74) is 0.538. The van der Waals surface area contributed by atoms with E-state index in [0.29, 0.717) is 44.0 Å². The van der Waals surface area contributed by atoms with Crippen LogP contribution in [0.15, 0.2) is 28.9 Å². The fourth-order valence-corrected chi connectivity index (χ4v) is 5.64. The van der Waals surface area contributed by atoms with Crippen LogP contribution < -0.4 is 0 Å². The highest BCUT2D eigenvalue weighted by Gasteiger charge is 2.47. The highest BCUT2D eigenvalue weighted by Crippen LogP contribution is 2.35. The molecule has 234 valence electrons. The van der Waals surface area contributed by atoms with Crippen LogP contribution in [0.2, 0.25) is 0 Å². The lowest BCUT2D eigenvalue weighted by atomic mass is 9.89. The first-order valence-corrected chi connectivity index (χ1v) is 14.3. The van der Waals surface area contributed by atoms with Crippen LogP contribution >= 0.6 is 0 Å². The standard InChI is InChI=1S/C28H34F3N5O7/c1-2-3-8-41-27-22(12-17-11-21(43-33-17)15-4-6-35(7-5-15)28(39)40)42-23(14-37)26(38)25(27)36-13-20(32-34-36)16-9-18(29)24(31)19(30)10-16/h9-11,13,15,22-23,25-27,37-38H,2-8,12,14H2,1H3,(H,39,40)/t22-,23-,25+,26+,27+/m1/s1. The Balaban J connectivity index is 1.39. The van der Waals surface area contributed by atoms with E-state index in [1.807, 2.05) is 6.92 Å². The molecule has 2 aliphatic heterocycles. The zero-order valence-corrected chi connectivity index (χ0v) is 23.5. The number of unbranched alkanes of at least 4 members (excludes halogenated alkanes) is 1. The van der Waals surface area contributed by atoms with Gasteiger partial charge in [0.1, 0.15) is 35.8 Å². The number of amides is 1. The third-order valence-electron chi connectivity index (χ3n) is 8.02. The summed E-state index contributed by atoms with van der Waals surface area (Å²) in [4.78, 5) is 12.6. The summed E-state index contributed by atoms with van der Waals surface area (Å²) in [6.07, 6.45) is -0.481.